The van der Waals surface area contributed by atoms with Crippen LogP contribution in [-0.4, -0.2) is 48.6 Å². The molecule has 0 spiro atoms. The van der Waals surface area contributed by atoms with Crippen molar-refractivity contribution in [3.63, 3.8) is 0 Å². The quantitative estimate of drug-likeness (QED) is 0.785. The highest BCUT2D eigenvalue weighted by Crippen LogP contribution is 2.32. The van der Waals surface area contributed by atoms with Crippen molar-refractivity contribution in [3.05, 3.63) is 0 Å². The third-order valence-electron chi connectivity index (χ3n) is 4.68. The average Bonchev–Trinajstić information content (AvgIpc) is 2.97. The van der Waals surface area contributed by atoms with E-state index in [1.807, 2.05) is 13.8 Å². The van der Waals surface area contributed by atoms with Crippen LogP contribution in [-0.2, 0) is 14.3 Å². The van der Waals surface area contributed by atoms with Gasteiger partial charge in [0.05, 0.1) is 12.5 Å². The molecular weight excluding hydrogens is 268 g/mol. The summed E-state index contributed by atoms with van der Waals surface area (Å²) >= 11 is 0. The Balaban J connectivity index is 1.93. The fraction of sp³-hybridized carbons (Fsp3) is 0.875. The summed E-state index contributed by atoms with van der Waals surface area (Å²) in [6.45, 7) is 6.09. The molecule has 1 aliphatic carbocycles. The summed E-state index contributed by atoms with van der Waals surface area (Å²) in [6, 6.07) is 0.528. The van der Waals surface area contributed by atoms with E-state index >= 15 is 0 Å². The molecule has 21 heavy (non-hydrogen) atoms. The van der Waals surface area contributed by atoms with Crippen LogP contribution in [0.3, 0.4) is 0 Å². The summed E-state index contributed by atoms with van der Waals surface area (Å²) in [5.41, 5.74) is 0. The van der Waals surface area contributed by atoms with Crippen LogP contribution >= 0.6 is 0 Å². The third kappa shape index (κ3) is 4.19. The Labute approximate surface area is 127 Å². The zero-order valence-corrected chi connectivity index (χ0v) is 13.3. The minimum Gasteiger partial charge on any atom is -0.466 e. The molecule has 1 N–H and O–H groups in total. The van der Waals surface area contributed by atoms with Gasteiger partial charge < -0.3 is 10.1 Å². The topological polar surface area (TPSA) is 58.6 Å². The van der Waals surface area contributed by atoms with E-state index in [0.717, 1.165) is 45.2 Å². The van der Waals surface area contributed by atoms with Crippen LogP contribution in [0, 0.1) is 5.92 Å². The van der Waals surface area contributed by atoms with Gasteiger partial charge in [0.25, 0.3) is 0 Å². The van der Waals surface area contributed by atoms with Gasteiger partial charge in [0, 0.05) is 25.0 Å². The second-order valence-corrected chi connectivity index (χ2v) is 6.11. The lowest BCUT2D eigenvalue weighted by atomic mass is 9.97. The lowest BCUT2D eigenvalue weighted by Gasteiger charge is -2.38. The van der Waals surface area contributed by atoms with Crippen molar-refractivity contribution in [1.82, 2.24) is 10.2 Å². The fourth-order valence-electron chi connectivity index (χ4n) is 3.66. The Morgan fingerprint density at radius 1 is 1.19 bits per heavy atom. The molecule has 1 amide bonds. The van der Waals surface area contributed by atoms with Crippen molar-refractivity contribution >= 4 is 11.9 Å². The van der Waals surface area contributed by atoms with Gasteiger partial charge in [-0.2, -0.15) is 0 Å². The van der Waals surface area contributed by atoms with Crippen molar-refractivity contribution in [2.24, 2.45) is 5.92 Å². The molecular formula is C16H28N2O3. The SMILES string of the molecule is CCOC(=O)[C@@H]1CCC[C@@H]1N1CCC[C@@H](NC(=O)CC)C1. The highest BCUT2D eigenvalue weighted by atomic mass is 16.5. The Morgan fingerprint density at radius 3 is 2.71 bits per heavy atom. The van der Waals surface area contributed by atoms with E-state index < -0.39 is 0 Å². The zero-order chi connectivity index (χ0) is 15.2. The van der Waals surface area contributed by atoms with E-state index in [2.05, 4.69) is 10.2 Å². The fourth-order valence-corrected chi connectivity index (χ4v) is 3.66. The molecule has 5 heteroatoms. The number of carbonyl (C=O) groups is 2. The van der Waals surface area contributed by atoms with Gasteiger partial charge in [-0.15, -0.1) is 0 Å². The van der Waals surface area contributed by atoms with Crippen molar-refractivity contribution < 1.29 is 14.3 Å². The first-order valence-electron chi connectivity index (χ1n) is 8.35. The van der Waals surface area contributed by atoms with Crippen molar-refractivity contribution in [1.29, 1.82) is 0 Å². The molecule has 0 aromatic carbocycles. The number of carbonyl (C=O) groups excluding carboxylic acids is 2. The first-order valence-corrected chi connectivity index (χ1v) is 8.35. The predicted molar refractivity (Wildman–Crippen MR) is 80.8 cm³/mol. The monoisotopic (exact) mass is 296 g/mol. The summed E-state index contributed by atoms with van der Waals surface area (Å²) in [5.74, 6) is 0.0977. The number of hydrogen-bond donors (Lipinski definition) is 1. The summed E-state index contributed by atoms with van der Waals surface area (Å²) < 4.78 is 5.22. The molecule has 0 unspecified atom stereocenters. The minimum atomic E-state index is -0.0419. The molecule has 5 nitrogen and oxygen atoms in total. The number of esters is 1. The number of nitrogens with one attached hydrogen (secondary N) is 1. The Bertz CT molecular complexity index is 373. The molecule has 2 fully saturated rings. The van der Waals surface area contributed by atoms with Crippen LogP contribution in [0.25, 0.3) is 0 Å². The standard InChI is InChI=1S/C16H28N2O3/c1-3-15(19)17-12-7-6-10-18(11-12)14-9-5-8-13(14)16(20)21-4-2/h12-14H,3-11H2,1-2H3,(H,17,19)/t12-,13-,14+/m1/s1. The number of amides is 1. The molecule has 2 aliphatic rings. The number of nitrogens with zero attached hydrogens (tertiary/aromatic N) is 1. The summed E-state index contributed by atoms with van der Waals surface area (Å²) in [5, 5.41) is 3.09. The second-order valence-electron chi connectivity index (χ2n) is 6.11. The number of likely N-dealkylation sites (tertiary alicyclic amines) is 1. The van der Waals surface area contributed by atoms with Gasteiger partial charge in [-0.3, -0.25) is 14.5 Å². The number of piperidine rings is 1. The Morgan fingerprint density at radius 2 is 2.00 bits per heavy atom. The maximum absolute atomic E-state index is 12.1. The zero-order valence-electron chi connectivity index (χ0n) is 13.3. The molecule has 0 bridgehead atoms. The van der Waals surface area contributed by atoms with Crippen LogP contribution in [0.1, 0.15) is 52.4 Å². The van der Waals surface area contributed by atoms with Crippen LogP contribution in [0.4, 0.5) is 0 Å². The van der Waals surface area contributed by atoms with E-state index in [1.54, 1.807) is 0 Å². The third-order valence-corrected chi connectivity index (χ3v) is 4.68. The molecule has 2 rings (SSSR count). The summed E-state index contributed by atoms with van der Waals surface area (Å²) in [7, 11) is 0. The molecule has 120 valence electrons. The van der Waals surface area contributed by atoms with E-state index in [4.69, 9.17) is 4.74 Å². The summed E-state index contributed by atoms with van der Waals surface area (Å²) in [4.78, 5) is 26.0. The van der Waals surface area contributed by atoms with E-state index in [1.165, 1.54) is 0 Å². The Kier molecular flexibility index (Phi) is 6.03. The van der Waals surface area contributed by atoms with Gasteiger partial charge in [0.1, 0.15) is 0 Å². The first-order chi connectivity index (χ1) is 10.2. The smallest absolute Gasteiger partial charge is 0.310 e. The normalized spacial score (nSPS) is 30.1. The maximum Gasteiger partial charge on any atom is 0.310 e. The molecule has 1 saturated carbocycles. The van der Waals surface area contributed by atoms with Crippen LogP contribution < -0.4 is 5.32 Å². The first kappa shape index (κ1) is 16.3. The molecule has 1 aliphatic heterocycles. The molecule has 1 saturated heterocycles. The number of ether oxygens (including phenoxy) is 1. The largest absolute Gasteiger partial charge is 0.466 e. The number of hydrogen-bond acceptors (Lipinski definition) is 4. The minimum absolute atomic E-state index is 0.0191. The van der Waals surface area contributed by atoms with Crippen molar-refractivity contribution in [2.75, 3.05) is 19.7 Å². The van der Waals surface area contributed by atoms with Crippen LogP contribution in [0.2, 0.25) is 0 Å². The van der Waals surface area contributed by atoms with Gasteiger partial charge in [0.2, 0.25) is 5.91 Å². The van der Waals surface area contributed by atoms with Gasteiger partial charge in [-0.05, 0) is 39.2 Å². The number of rotatable bonds is 5. The van der Waals surface area contributed by atoms with Gasteiger partial charge in [0.15, 0.2) is 0 Å². The van der Waals surface area contributed by atoms with Gasteiger partial charge >= 0.3 is 5.97 Å². The van der Waals surface area contributed by atoms with Crippen molar-refractivity contribution in [2.45, 2.75) is 64.5 Å². The average molecular weight is 296 g/mol. The summed E-state index contributed by atoms with van der Waals surface area (Å²) in [6.07, 6.45) is 5.76. The van der Waals surface area contributed by atoms with Gasteiger partial charge in [-0.1, -0.05) is 13.3 Å². The highest BCUT2D eigenvalue weighted by Gasteiger charge is 2.39. The van der Waals surface area contributed by atoms with E-state index in [0.29, 0.717) is 19.1 Å². The van der Waals surface area contributed by atoms with Crippen LogP contribution in [0.15, 0.2) is 0 Å². The lowest BCUT2D eigenvalue weighted by Crippen LogP contribution is -2.52. The molecule has 0 radical (unpaired) electrons. The Hall–Kier alpha value is -1.10. The van der Waals surface area contributed by atoms with Crippen molar-refractivity contribution in [3.8, 4) is 0 Å². The van der Waals surface area contributed by atoms with E-state index in [9.17, 15) is 9.59 Å². The molecule has 0 aromatic rings. The van der Waals surface area contributed by atoms with Gasteiger partial charge in [-0.25, -0.2) is 0 Å². The predicted octanol–water partition coefficient (Wildman–Crippen LogP) is 1.71. The molecule has 0 aromatic heterocycles. The second kappa shape index (κ2) is 7.78. The maximum atomic E-state index is 12.1. The van der Waals surface area contributed by atoms with Crippen LogP contribution in [0.5, 0.6) is 0 Å². The van der Waals surface area contributed by atoms with E-state index in [-0.39, 0.29) is 23.8 Å². The lowest BCUT2D eigenvalue weighted by molar-refractivity contribution is -0.150. The molecule has 1 heterocycles. The highest BCUT2D eigenvalue weighted by molar-refractivity contribution is 5.76. The molecule has 3 atom stereocenters.